The first-order chi connectivity index (χ1) is 15.8. The molecule has 2 fully saturated rings. The Morgan fingerprint density at radius 2 is 1.59 bits per heavy atom. The van der Waals surface area contributed by atoms with Gasteiger partial charge in [0.1, 0.15) is 5.82 Å². The Morgan fingerprint density at radius 3 is 2.44 bits per heavy atom. The summed E-state index contributed by atoms with van der Waals surface area (Å²) < 4.78 is 0. The highest BCUT2D eigenvalue weighted by Crippen LogP contribution is 2.31. The molecule has 5 heteroatoms. The summed E-state index contributed by atoms with van der Waals surface area (Å²) in [5, 5.41) is 3.79. The van der Waals surface area contributed by atoms with Gasteiger partial charge in [0.15, 0.2) is 0 Å². The molecule has 1 atom stereocenters. The van der Waals surface area contributed by atoms with Crippen LogP contribution in [0.1, 0.15) is 74.6 Å². The molecule has 172 valence electrons. The highest BCUT2D eigenvalue weighted by Gasteiger charge is 2.24. The molecule has 2 saturated heterocycles. The van der Waals surface area contributed by atoms with Gasteiger partial charge in [-0.2, -0.15) is 4.98 Å². The quantitative estimate of drug-likeness (QED) is 0.702. The molecule has 1 aliphatic carbocycles. The highest BCUT2D eigenvalue weighted by molar-refractivity contribution is 5.54. The molecule has 1 aromatic heterocycles. The summed E-state index contributed by atoms with van der Waals surface area (Å²) in [6.45, 7) is 5.57. The van der Waals surface area contributed by atoms with Crippen LogP contribution in [0.5, 0.6) is 0 Å². The van der Waals surface area contributed by atoms with E-state index in [4.69, 9.17) is 9.97 Å². The second-order valence-electron chi connectivity index (χ2n) is 9.96. The van der Waals surface area contributed by atoms with Gasteiger partial charge in [0.2, 0.25) is 5.95 Å². The number of aromatic nitrogens is 2. The van der Waals surface area contributed by atoms with Crippen LogP contribution in [0.2, 0.25) is 0 Å². The maximum atomic E-state index is 5.17. The predicted octanol–water partition coefficient (Wildman–Crippen LogP) is 5.20. The largest absolute Gasteiger partial charge is 0.356 e. The molecular formula is C27H39N5. The lowest BCUT2D eigenvalue weighted by Crippen LogP contribution is -2.36. The Balaban J connectivity index is 1.33. The van der Waals surface area contributed by atoms with Crippen LogP contribution in [0, 0.1) is 0 Å². The molecule has 0 amide bonds. The standard InChI is InChI=1S/C27H39N5/c1-2-10-19-32(18-9-1)26-24-15-6-7-16-25(24)29-27(30-26)28-23-14-8-11-17-31(21-23)20-22-12-4-3-5-13-22/h3-5,12-13,23H,1-2,6-11,14-21H2,(H,28,29,30)/t23-/m1/s1. The van der Waals surface area contributed by atoms with Crippen molar-refractivity contribution in [2.75, 3.05) is 36.4 Å². The number of aryl methyl sites for hydroxylation is 1. The lowest BCUT2D eigenvalue weighted by atomic mass is 9.96. The number of likely N-dealkylation sites (tertiary alicyclic amines) is 1. The van der Waals surface area contributed by atoms with Crippen molar-refractivity contribution in [3.63, 3.8) is 0 Å². The lowest BCUT2D eigenvalue weighted by molar-refractivity contribution is 0.269. The predicted molar refractivity (Wildman–Crippen MR) is 132 cm³/mol. The van der Waals surface area contributed by atoms with Gasteiger partial charge in [-0.25, -0.2) is 4.98 Å². The number of anilines is 2. The molecule has 1 aromatic carbocycles. The Hall–Kier alpha value is -2.14. The molecule has 0 radical (unpaired) electrons. The van der Waals surface area contributed by atoms with Crippen molar-refractivity contribution in [1.82, 2.24) is 14.9 Å². The Bertz CT molecular complexity index is 860. The van der Waals surface area contributed by atoms with Gasteiger partial charge in [-0.05, 0) is 63.5 Å². The first-order valence-electron chi connectivity index (χ1n) is 13.0. The minimum Gasteiger partial charge on any atom is -0.356 e. The van der Waals surface area contributed by atoms with Gasteiger partial charge in [0.25, 0.3) is 0 Å². The Kier molecular flexibility index (Phi) is 7.22. The highest BCUT2D eigenvalue weighted by atomic mass is 15.2. The summed E-state index contributed by atoms with van der Waals surface area (Å²) in [6, 6.07) is 11.3. The van der Waals surface area contributed by atoms with Crippen LogP contribution in [-0.4, -0.2) is 47.1 Å². The lowest BCUT2D eigenvalue weighted by Gasteiger charge is -2.29. The number of fused-ring (bicyclic) bond motifs is 1. The van der Waals surface area contributed by atoms with Crippen LogP contribution in [0.25, 0.3) is 0 Å². The molecule has 0 spiro atoms. The molecule has 3 aliphatic rings. The monoisotopic (exact) mass is 433 g/mol. The molecular weight excluding hydrogens is 394 g/mol. The zero-order valence-corrected chi connectivity index (χ0v) is 19.6. The van der Waals surface area contributed by atoms with Crippen LogP contribution in [0.15, 0.2) is 30.3 Å². The van der Waals surface area contributed by atoms with E-state index in [1.807, 2.05) is 0 Å². The van der Waals surface area contributed by atoms with E-state index in [2.05, 4.69) is 45.4 Å². The number of benzene rings is 1. The zero-order chi connectivity index (χ0) is 21.6. The summed E-state index contributed by atoms with van der Waals surface area (Å²) >= 11 is 0. The van der Waals surface area contributed by atoms with E-state index in [0.29, 0.717) is 6.04 Å². The van der Waals surface area contributed by atoms with Crippen molar-refractivity contribution in [2.45, 2.75) is 83.2 Å². The van der Waals surface area contributed by atoms with Crippen LogP contribution in [0.4, 0.5) is 11.8 Å². The van der Waals surface area contributed by atoms with E-state index in [0.717, 1.165) is 45.0 Å². The van der Waals surface area contributed by atoms with E-state index in [1.54, 1.807) is 0 Å². The van der Waals surface area contributed by atoms with Crippen molar-refractivity contribution < 1.29 is 0 Å². The minimum absolute atomic E-state index is 0.417. The van der Waals surface area contributed by atoms with E-state index in [-0.39, 0.29) is 0 Å². The van der Waals surface area contributed by atoms with Crippen molar-refractivity contribution in [2.24, 2.45) is 0 Å². The van der Waals surface area contributed by atoms with Gasteiger partial charge < -0.3 is 10.2 Å². The number of nitrogens with one attached hydrogen (secondary N) is 1. The van der Waals surface area contributed by atoms with Crippen LogP contribution >= 0.6 is 0 Å². The van der Waals surface area contributed by atoms with Crippen LogP contribution in [-0.2, 0) is 19.4 Å². The molecule has 0 bridgehead atoms. The smallest absolute Gasteiger partial charge is 0.225 e. The molecule has 32 heavy (non-hydrogen) atoms. The normalized spacial score (nSPS) is 22.6. The van der Waals surface area contributed by atoms with Crippen LogP contribution in [0.3, 0.4) is 0 Å². The molecule has 1 N–H and O–H groups in total. The van der Waals surface area contributed by atoms with E-state index >= 15 is 0 Å². The minimum atomic E-state index is 0.417. The van der Waals surface area contributed by atoms with Gasteiger partial charge in [-0.1, -0.05) is 49.6 Å². The zero-order valence-electron chi connectivity index (χ0n) is 19.6. The summed E-state index contributed by atoms with van der Waals surface area (Å²) in [6.07, 6.45) is 13.8. The van der Waals surface area contributed by atoms with Crippen molar-refractivity contribution >= 4 is 11.8 Å². The number of nitrogens with zero attached hydrogens (tertiary/aromatic N) is 4. The third-order valence-electron chi connectivity index (χ3n) is 7.40. The molecule has 5 nitrogen and oxygen atoms in total. The topological polar surface area (TPSA) is 44.3 Å². The van der Waals surface area contributed by atoms with E-state index < -0.39 is 0 Å². The maximum absolute atomic E-state index is 5.17. The molecule has 0 saturated carbocycles. The molecule has 2 aromatic rings. The number of hydrogen-bond donors (Lipinski definition) is 1. The van der Waals surface area contributed by atoms with E-state index in [9.17, 15) is 0 Å². The molecule has 2 aliphatic heterocycles. The Labute approximate surface area is 193 Å². The van der Waals surface area contributed by atoms with E-state index in [1.165, 1.54) is 87.0 Å². The molecule has 3 heterocycles. The SMILES string of the molecule is c1ccc(CN2CCCC[C@@H](Nc3nc4c(c(N5CCCCCC5)n3)CCCC4)C2)cc1. The molecule has 0 unspecified atom stereocenters. The Morgan fingerprint density at radius 1 is 0.812 bits per heavy atom. The fourth-order valence-corrected chi connectivity index (χ4v) is 5.69. The summed E-state index contributed by atoms with van der Waals surface area (Å²) in [4.78, 5) is 15.4. The third-order valence-corrected chi connectivity index (χ3v) is 7.40. The molecule has 5 rings (SSSR count). The second kappa shape index (κ2) is 10.7. The van der Waals surface area contributed by atoms with Gasteiger partial charge in [0, 0.05) is 37.8 Å². The summed E-state index contributed by atoms with van der Waals surface area (Å²) in [7, 11) is 0. The van der Waals surface area contributed by atoms with Gasteiger partial charge in [0.05, 0.1) is 5.69 Å². The average Bonchev–Trinajstić information content (AvgIpc) is 3.22. The first-order valence-corrected chi connectivity index (χ1v) is 13.0. The third kappa shape index (κ3) is 5.43. The number of hydrogen-bond acceptors (Lipinski definition) is 5. The second-order valence-corrected chi connectivity index (χ2v) is 9.96. The van der Waals surface area contributed by atoms with Gasteiger partial charge in [-0.15, -0.1) is 0 Å². The number of rotatable bonds is 5. The fraction of sp³-hybridized carbons (Fsp3) is 0.630. The van der Waals surface area contributed by atoms with Crippen molar-refractivity contribution in [3.05, 3.63) is 47.2 Å². The van der Waals surface area contributed by atoms with Gasteiger partial charge in [-0.3, -0.25) is 4.90 Å². The summed E-state index contributed by atoms with van der Waals surface area (Å²) in [5.41, 5.74) is 4.15. The van der Waals surface area contributed by atoms with Crippen molar-refractivity contribution in [3.8, 4) is 0 Å². The summed E-state index contributed by atoms with van der Waals surface area (Å²) in [5.74, 6) is 2.12. The van der Waals surface area contributed by atoms with Gasteiger partial charge >= 0.3 is 0 Å². The first kappa shape index (κ1) is 21.7. The van der Waals surface area contributed by atoms with Crippen molar-refractivity contribution in [1.29, 1.82) is 0 Å². The fourth-order valence-electron chi connectivity index (χ4n) is 5.69. The average molecular weight is 434 g/mol. The maximum Gasteiger partial charge on any atom is 0.225 e. The van der Waals surface area contributed by atoms with Crippen LogP contribution < -0.4 is 10.2 Å².